The lowest BCUT2D eigenvalue weighted by atomic mass is 10.1. The lowest BCUT2D eigenvalue weighted by Crippen LogP contribution is -2.41. The minimum Gasteiger partial charge on any atom is -0.378 e. The Kier molecular flexibility index (Phi) is 8.07. The summed E-state index contributed by atoms with van der Waals surface area (Å²) in [5.74, 6) is 0.179. The summed E-state index contributed by atoms with van der Waals surface area (Å²) in [5, 5.41) is 0. The second-order valence-electron chi connectivity index (χ2n) is 5.88. The van der Waals surface area contributed by atoms with Gasteiger partial charge in [-0.05, 0) is 31.4 Å². The van der Waals surface area contributed by atoms with E-state index in [0.29, 0.717) is 26.2 Å². The summed E-state index contributed by atoms with van der Waals surface area (Å²) in [6, 6.07) is 10.0. The van der Waals surface area contributed by atoms with E-state index >= 15 is 0 Å². The van der Waals surface area contributed by atoms with Crippen LogP contribution in [0.2, 0.25) is 0 Å². The highest BCUT2D eigenvalue weighted by molar-refractivity contribution is 5.76. The molecule has 0 unspecified atom stereocenters. The quantitative estimate of drug-likeness (QED) is 0.706. The molecule has 0 bridgehead atoms. The van der Waals surface area contributed by atoms with E-state index in [1.54, 1.807) is 0 Å². The number of carbonyl (C=O) groups excluding carboxylic acids is 1. The fourth-order valence-electron chi connectivity index (χ4n) is 2.69. The maximum absolute atomic E-state index is 12.2. The van der Waals surface area contributed by atoms with Crippen molar-refractivity contribution in [1.82, 2.24) is 4.90 Å². The molecule has 5 heteroatoms. The first kappa shape index (κ1) is 17.9. The summed E-state index contributed by atoms with van der Waals surface area (Å²) in [6.45, 7) is 3.99. The van der Waals surface area contributed by atoms with E-state index in [1.165, 1.54) is 0 Å². The van der Waals surface area contributed by atoms with Crippen molar-refractivity contribution in [3.05, 3.63) is 35.9 Å². The molecule has 1 aromatic rings. The molecule has 0 saturated carbocycles. The van der Waals surface area contributed by atoms with Gasteiger partial charge < -0.3 is 20.1 Å². The van der Waals surface area contributed by atoms with Crippen LogP contribution in [0.15, 0.2) is 30.3 Å². The van der Waals surface area contributed by atoms with Gasteiger partial charge in [-0.15, -0.1) is 0 Å². The third-order valence-corrected chi connectivity index (χ3v) is 4.07. The zero-order valence-corrected chi connectivity index (χ0v) is 13.8. The topological polar surface area (TPSA) is 64.8 Å². The Morgan fingerprint density at radius 2 is 1.91 bits per heavy atom. The first-order valence-corrected chi connectivity index (χ1v) is 8.50. The third-order valence-electron chi connectivity index (χ3n) is 4.07. The van der Waals surface area contributed by atoms with E-state index < -0.39 is 0 Å². The smallest absolute Gasteiger partial charge is 0.224 e. The molecule has 1 amide bonds. The van der Waals surface area contributed by atoms with Crippen molar-refractivity contribution in [2.24, 2.45) is 5.73 Å². The van der Waals surface area contributed by atoms with Crippen molar-refractivity contribution in [2.45, 2.75) is 38.4 Å². The Morgan fingerprint density at radius 3 is 2.61 bits per heavy atom. The van der Waals surface area contributed by atoms with E-state index in [-0.39, 0.29) is 12.0 Å². The number of carbonyl (C=O) groups is 1. The van der Waals surface area contributed by atoms with E-state index in [2.05, 4.69) is 0 Å². The van der Waals surface area contributed by atoms with Gasteiger partial charge in [-0.1, -0.05) is 30.3 Å². The van der Waals surface area contributed by atoms with Crippen molar-refractivity contribution < 1.29 is 14.3 Å². The predicted octanol–water partition coefficient (Wildman–Crippen LogP) is 1.95. The predicted molar refractivity (Wildman–Crippen MR) is 89.9 cm³/mol. The molecule has 1 aromatic carbocycles. The molecular weight excluding hydrogens is 292 g/mol. The fraction of sp³-hybridized carbons (Fsp3) is 0.611. The molecule has 1 saturated heterocycles. The first-order chi connectivity index (χ1) is 11.3. The van der Waals surface area contributed by atoms with Gasteiger partial charge in [0.05, 0.1) is 25.7 Å². The minimum absolute atomic E-state index is 0.179. The largest absolute Gasteiger partial charge is 0.378 e. The molecule has 128 valence electrons. The number of rotatable bonds is 9. The highest BCUT2D eigenvalue weighted by Gasteiger charge is 2.22. The summed E-state index contributed by atoms with van der Waals surface area (Å²) in [5.41, 5.74) is 6.59. The first-order valence-electron chi connectivity index (χ1n) is 8.50. The van der Waals surface area contributed by atoms with Gasteiger partial charge in [-0.25, -0.2) is 0 Å². The van der Waals surface area contributed by atoms with E-state index in [9.17, 15) is 4.79 Å². The Balaban J connectivity index is 1.56. The van der Waals surface area contributed by atoms with Crippen LogP contribution in [0.3, 0.4) is 0 Å². The van der Waals surface area contributed by atoms with Crippen LogP contribution in [0.5, 0.6) is 0 Å². The molecule has 1 aliphatic heterocycles. The molecule has 1 fully saturated rings. The SMILES string of the molecule is NCCCOC1CCN(C(=O)CCOCc2ccccc2)CC1. The maximum atomic E-state index is 12.2. The van der Waals surface area contributed by atoms with Gasteiger partial charge in [0.25, 0.3) is 0 Å². The lowest BCUT2D eigenvalue weighted by molar-refractivity contribution is -0.135. The second-order valence-corrected chi connectivity index (χ2v) is 5.88. The standard InChI is InChI=1S/C18H28N2O3/c19-10-4-13-23-17-7-11-20(12-8-17)18(21)9-14-22-15-16-5-2-1-3-6-16/h1-3,5-6,17H,4,7-15,19H2. The van der Waals surface area contributed by atoms with Gasteiger partial charge in [-0.3, -0.25) is 4.79 Å². The molecule has 0 aliphatic carbocycles. The summed E-state index contributed by atoms with van der Waals surface area (Å²) in [7, 11) is 0. The average Bonchev–Trinajstić information content (AvgIpc) is 2.60. The monoisotopic (exact) mass is 320 g/mol. The average molecular weight is 320 g/mol. The molecule has 0 spiro atoms. The van der Waals surface area contributed by atoms with Gasteiger partial charge in [-0.2, -0.15) is 0 Å². The lowest BCUT2D eigenvalue weighted by Gasteiger charge is -2.32. The van der Waals surface area contributed by atoms with E-state index in [0.717, 1.165) is 44.5 Å². The zero-order chi connectivity index (χ0) is 16.3. The maximum Gasteiger partial charge on any atom is 0.224 e. The summed E-state index contributed by atoms with van der Waals surface area (Å²) >= 11 is 0. The van der Waals surface area contributed by atoms with Crippen LogP contribution in [0, 0.1) is 0 Å². The molecular formula is C18H28N2O3. The van der Waals surface area contributed by atoms with E-state index in [4.69, 9.17) is 15.2 Å². The minimum atomic E-state index is 0.179. The van der Waals surface area contributed by atoms with Crippen molar-refractivity contribution >= 4 is 5.91 Å². The molecule has 0 radical (unpaired) electrons. The number of nitrogens with zero attached hydrogens (tertiary/aromatic N) is 1. The van der Waals surface area contributed by atoms with Crippen LogP contribution < -0.4 is 5.73 Å². The number of nitrogens with two attached hydrogens (primary N) is 1. The molecule has 0 atom stereocenters. The number of benzene rings is 1. The van der Waals surface area contributed by atoms with Crippen LogP contribution in [0.25, 0.3) is 0 Å². The molecule has 1 heterocycles. The fourth-order valence-corrected chi connectivity index (χ4v) is 2.69. The number of hydrogen-bond acceptors (Lipinski definition) is 4. The van der Waals surface area contributed by atoms with Gasteiger partial charge >= 0.3 is 0 Å². The van der Waals surface area contributed by atoms with Gasteiger partial charge in [0, 0.05) is 19.7 Å². The third kappa shape index (κ3) is 6.69. The molecule has 1 aliphatic rings. The Bertz CT molecular complexity index is 445. The summed E-state index contributed by atoms with van der Waals surface area (Å²) in [4.78, 5) is 14.1. The van der Waals surface area contributed by atoms with Crippen LogP contribution in [0.4, 0.5) is 0 Å². The molecule has 5 nitrogen and oxygen atoms in total. The van der Waals surface area contributed by atoms with Crippen LogP contribution in [0.1, 0.15) is 31.2 Å². The number of ether oxygens (including phenoxy) is 2. The van der Waals surface area contributed by atoms with Gasteiger partial charge in [0.15, 0.2) is 0 Å². The van der Waals surface area contributed by atoms with Gasteiger partial charge in [0.1, 0.15) is 0 Å². The normalized spacial score (nSPS) is 15.8. The number of piperidine rings is 1. The summed E-state index contributed by atoms with van der Waals surface area (Å²) in [6.07, 6.45) is 3.46. The zero-order valence-electron chi connectivity index (χ0n) is 13.8. The Hall–Kier alpha value is -1.43. The highest BCUT2D eigenvalue weighted by atomic mass is 16.5. The highest BCUT2D eigenvalue weighted by Crippen LogP contribution is 2.15. The Labute approximate surface area is 138 Å². The van der Waals surface area contributed by atoms with Crippen molar-refractivity contribution in [3.8, 4) is 0 Å². The van der Waals surface area contributed by atoms with Crippen LogP contribution in [-0.4, -0.2) is 49.8 Å². The van der Waals surface area contributed by atoms with Crippen molar-refractivity contribution in [1.29, 1.82) is 0 Å². The van der Waals surface area contributed by atoms with E-state index in [1.807, 2.05) is 35.2 Å². The number of likely N-dealkylation sites (tertiary alicyclic amines) is 1. The number of hydrogen-bond donors (Lipinski definition) is 1. The Morgan fingerprint density at radius 1 is 1.17 bits per heavy atom. The summed E-state index contributed by atoms with van der Waals surface area (Å²) < 4.78 is 11.3. The van der Waals surface area contributed by atoms with Crippen molar-refractivity contribution in [3.63, 3.8) is 0 Å². The molecule has 2 rings (SSSR count). The molecule has 23 heavy (non-hydrogen) atoms. The van der Waals surface area contributed by atoms with Crippen molar-refractivity contribution in [2.75, 3.05) is 32.8 Å². The molecule has 0 aromatic heterocycles. The van der Waals surface area contributed by atoms with Gasteiger partial charge in [0.2, 0.25) is 5.91 Å². The second kappa shape index (κ2) is 10.4. The number of amides is 1. The molecule has 2 N–H and O–H groups in total. The van der Waals surface area contributed by atoms with Crippen LogP contribution >= 0.6 is 0 Å². The van der Waals surface area contributed by atoms with Crippen LogP contribution in [-0.2, 0) is 20.9 Å².